The first-order valence-corrected chi connectivity index (χ1v) is 12.6. The van der Waals surface area contributed by atoms with Crippen LogP contribution in [-0.4, -0.2) is 65.3 Å². The van der Waals surface area contributed by atoms with Gasteiger partial charge < -0.3 is 14.8 Å². The highest BCUT2D eigenvalue weighted by Gasteiger charge is 2.16. The monoisotopic (exact) mass is 464 g/mol. The zero-order valence-electron chi connectivity index (χ0n) is 19.2. The van der Waals surface area contributed by atoms with Gasteiger partial charge in [-0.25, -0.2) is 0 Å². The number of thioether (sulfide) groups is 1. The predicted octanol–water partition coefficient (Wildman–Crippen LogP) is 2.95. The third-order valence-electron chi connectivity index (χ3n) is 6.16. The van der Waals surface area contributed by atoms with E-state index in [4.69, 9.17) is 0 Å². The lowest BCUT2D eigenvalue weighted by Crippen LogP contribution is -2.46. The van der Waals surface area contributed by atoms with Crippen molar-refractivity contribution in [1.82, 2.24) is 19.7 Å². The summed E-state index contributed by atoms with van der Waals surface area (Å²) >= 11 is 1.43. The molecule has 0 bridgehead atoms. The number of pyridine rings is 1. The minimum Gasteiger partial charge on any atom is -0.355 e. The lowest BCUT2D eigenvalue weighted by molar-refractivity contribution is -0.118. The van der Waals surface area contributed by atoms with E-state index in [1.54, 1.807) is 17.7 Å². The Labute approximate surface area is 199 Å². The van der Waals surface area contributed by atoms with E-state index in [1.165, 1.54) is 17.3 Å². The quantitative estimate of drug-likeness (QED) is 0.390. The average Bonchev–Trinajstić information content (AvgIpc) is 2.85. The third-order valence-corrected chi connectivity index (χ3v) is 7.22. The van der Waals surface area contributed by atoms with Crippen molar-refractivity contribution >= 4 is 28.6 Å². The predicted molar refractivity (Wildman–Crippen MR) is 136 cm³/mol. The maximum Gasteiger partial charge on any atom is 0.251 e. The number of fused-ring (bicyclic) bond motifs is 1. The number of benzene rings is 2. The molecule has 1 fully saturated rings. The molecule has 174 valence electrons. The first kappa shape index (κ1) is 23.5. The van der Waals surface area contributed by atoms with Crippen LogP contribution >= 0.6 is 11.8 Å². The van der Waals surface area contributed by atoms with E-state index < -0.39 is 0 Å². The van der Waals surface area contributed by atoms with E-state index in [0.717, 1.165) is 61.5 Å². The molecule has 7 heteroatoms. The van der Waals surface area contributed by atoms with Gasteiger partial charge in [-0.3, -0.25) is 14.5 Å². The van der Waals surface area contributed by atoms with Gasteiger partial charge in [0.05, 0.1) is 11.3 Å². The lowest BCUT2D eigenvalue weighted by Gasteiger charge is -2.34. The number of hydrogen-bond acceptors (Lipinski definition) is 5. The molecule has 0 unspecified atom stereocenters. The molecule has 4 rings (SSSR count). The van der Waals surface area contributed by atoms with Gasteiger partial charge in [0.2, 0.25) is 5.91 Å². The molecular formula is C26H32N4O2S. The normalized spacial score (nSPS) is 15.1. The fraction of sp³-hybridized carbons (Fsp3) is 0.385. The second kappa shape index (κ2) is 11.5. The number of rotatable bonds is 9. The largest absolute Gasteiger partial charge is 0.355 e. The summed E-state index contributed by atoms with van der Waals surface area (Å²) in [5.41, 5.74) is 2.20. The molecule has 0 radical (unpaired) electrons. The molecular weight excluding hydrogens is 432 g/mol. The van der Waals surface area contributed by atoms with Crippen LogP contribution in [0.15, 0.2) is 70.4 Å². The van der Waals surface area contributed by atoms with Crippen molar-refractivity contribution in [3.05, 3.63) is 76.6 Å². The van der Waals surface area contributed by atoms with Crippen LogP contribution in [0.2, 0.25) is 0 Å². The molecule has 0 saturated carbocycles. The summed E-state index contributed by atoms with van der Waals surface area (Å²) in [6.07, 6.45) is 0.948. The van der Waals surface area contributed by atoms with Crippen LogP contribution in [0, 0.1) is 0 Å². The minimum atomic E-state index is -0.0551. The zero-order chi connectivity index (χ0) is 23.0. The maximum atomic E-state index is 12.3. The van der Waals surface area contributed by atoms with E-state index in [1.807, 2.05) is 24.3 Å². The Morgan fingerprint density at radius 2 is 1.67 bits per heavy atom. The topological polar surface area (TPSA) is 57.6 Å². The van der Waals surface area contributed by atoms with Gasteiger partial charge in [0, 0.05) is 62.7 Å². The highest BCUT2D eigenvalue weighted by molar-refractivity contribution is 8.00. The molecule has 0 aliphatic carbocycles. The molecule has 6 nitrogen and oxygen atoms in total. The fourth-order valence-corrected chi connectivity index (χ4v) is 5.14. The van der Waals surface area contributed by atoms with Gasteiger partial charge in [-0.2, -0.15) is 0 Å². The van der Waals surface area contributed by atoms with Crippen molar-refractivity contribution in [2.45, 2.75) is 17.9 Å². The molecule has 0 atom stereocenters. The number of aryl methyl sites for hydroxylation is 1. The van der Waals surface area contributed by atoms with Gasteiger partial charge in [-0.1, -0.05) is 48.5 Å². The average molecular weight is 465 g/mol. The van der Waals surface area contributed by atoms with Gasteiger partial charge in [0.25, 0.3) is 5.56 Å². The Morgan fingerprint density at radius 1 is 0.970 bits per heavy atom. The summed E-state index contributed by atoms with van der Waals surface area (Å²) in [4.78, 5) is 30.4. The first-order valence-electron chi connectivity index (χ1n) is 11.6. The number of piperazine rings is 1. The fourth-order valence-electron chi connectivity index (χ4n) is 4.24. The smallest absolute Gasteiger partial charge is 0.251 e. The van der Waals surface area contributed by atoms with Crippen molar-refractivity contribution in [2.75, 3.05) is 45.0 Å². The Balaban J connectivity index is 1.14. The number of para-hydroxylation sites is 1. The Bertz CT molecular complexity index is 1120. The van der Waals surface area contributed by atoms with E-state index in [9.17, 15) is 9.59 Å². The standard InChI is InChI=1S/C26H32N4O2S/c1-28-23-11-6-5-10-22(23)24(18-26(28)32)33-20-25(31)27-12-7-13-29-14-16-30(17-15-29)19-21-8-3-2-4-9-21/h2-6,8-11,18H,7,12-17,19-20H2,1H3,(H,27,31). The van der Waals surface area contributed by atoms with Crippen LogP contribution in [0.5, 0.6) is 0 Å². The van der Waals surface area contributed by atoms with Crippen molar-refractivity contribution in [3.8, 4) is 0 Å². The van der Waals surface area contributed by atoms with Crippen LogP contribution in [0.1, 0.15) is 12.0 Å². The lowest BCUT2D eigenvalue weighted by atomic mass is 10.2. The second-order valence-electron chi connectivity index (χ2n) is 8.52. The zero-order valence-corrected chi connectivity index (χ0v) is 20.0. The van der Waals surface area contributed by atoms with Crippen molar-refractivity contribution in [2.24, 2.45) is 7.05 Å². The highest BCUT2D eigenvalue weighted by Crippen LogP contribution is 2.25. The number of carbonyl (C=O) groups excluding carboxylic acids is 1. The Morgan fingerprint density at radius 3 is 2.45 bits per heavy atom. The summed E-state index contributed by atoms with van der Waals surface area (Å²) in [5, 5.41) is 4.03. The minimum absolute atomic E-state index is 0.0115. The van der Waals surface area contributed by atoms with Crippen LogP contribution < -0.4 is 10.9 Å². The molecule has 0 spiro atoms. The van der Waals surface area contributed by atoms with Crippen molar-refractivity contribution < 1.29 is 4.79 Å². The van der Waals surface area contributed by atoms with E-state index in [0.29, 0.717) is 12.3 Å². The van der Waals surface area contributed by atoms with E-state index >= 15 is 0 Å². The summed E-state index contributed by atoms with van der Waals surface area (Å²) in [5.74, 6) is 0.326. The van der Waals surface area contributed by atoms with Crippen LogP contribution in [0.4, 0.5) is 0 Å². The molecule has 1 aliphatic rings. The van der Waals surface area contributed by atoms with Crippen LogP contribution in [0.25, 0.3) is 10.9 Å². The molecule has 1 N–H and O–H groups in total. The summed E-state index contributed by atoms with van der Waals surface area (Å²) < 4.78 is 1.64. The molecule has 2 aromatic carbocycles. The van der Waals surface area contributed by atoms with Crippen LogP contribution in [-0.2, 0) is 18.4 Å². The van der Waals surface area contributed by atoms with Gasteiger partial charge in [0.15, 0.2) is 0 Å². The van der Waals surface area contributed by atoms with Gasteiger partial charge in [-0.05, 0) is 24.6 Å². The van der Waals surface area contributed by atoms with Crippen LogP contribution in [0.3, 0.4) is 0 Å². The Kier molecular flexibility index (Phi) is 8.20. The molecule has 1 amide bonds. The maximum absolute atomic E-state index is 12.3. The third kappa shape index (κ3) is 6.47. The number of amides is 1. The van der Waals surface area contributed by atoms with E-state index in [2.05, 4.69) is 45.4 Å². The van der Waals surface area contributed by atoms with Crippen molar-refractivity contribution in [3.63, 3.8) is 0 Å². The molecule has 3 aromatic rings. The first-order chi connectivity index (χ1) is 16.1. The molecule has 1 saturated heterocycles. The second-order valence-corrected chi connectivity index (χ2v) is 9.54. The number of nitrogens with zero attached hydrogens (tertiary/aromatic N) is 3. The number of hydrogen-bond donors (Lipinski definition) is 1. The van der Waals surface area contributed by atoms with Gasteiger partial charge in [-0.15, -0.1) is 11.8 Å². The Hall–Kier alpha value is -2.61. The number of carbonyl (C=O) groups is 1. The van der Waals surface area contributed by atoms with Gasteiger partial charge in [0.1, 0.15) is 0 Å². The number of aromatic nitrogens is 1. The van der Waals surface area contributed by atoms with Gasteiger partial charge >= 0.3 is 0 Å². The molecule has 1 aliphatic heterocycles. The number of nitrogens with one attached hydrogen (secondary N) is 1. The highest BCUT2D eigenvalue weighted by atomic mass is 32.2. The van der Waals surface area contributed by atoms with Crippen molar-refractivity contribution in [1.29, 1.82) is 0 Å². The van der Waals surface area contributed by atoms with E-state index in [-0.39, 0.29) is 11.5 Å². The molecule has 1 aromatic heterocycles. The summed E-state index contributed by atoms with van der Waals surface area (Å²) in [7, 11) is 1.77. The SMILES string of the molecule is Cn1c(=O)cc(SCC(=O)NCCCN2CCN(Cc3ccccc3)CC2)c2ccccc21. The molecule has 33 heavy (non-hydrogen) atoms. The summed E-state index contributed by atoms with van der Waals surface area (Å²) in [6.45, 7) is 7.03. The summed E-state index contributed by atoms with van der Waals surface area (Å²) in [6, 6.07) is 20.1. The molecule has 2 heterocycles.